The van der Waals surface area contributed by atoms with Crippen molar-refractivity contribution in [1.29, 1.82) is 0 Å². The maximum atomic E-state index is 10.9. The lowest BCUT2D eigenvalue weighted by Crippen LogP contribution is -2.17. The lowest BCUT2D eigenvalue weighted by molar-refractivity contribution is -0.136. The Bertz CT molecular complexity index is 693. The van der Waals surface area contributed by atoms with Crippen LogP contribution in [0.25, 0.3) is 11.3 Å². The van der Waals surface area contributed by atoms with E-state index in [-0.39, 0.29) is 17.1 Å². The van der Waals surface area contributed by atoms with Gasteiger partial charge in [-0.05, 0) is 40.6 Å². The summed E-state index contributed by atoms with van der Waals surface area (Å²) in [7, 11) is 0. The highest BCUT2D eigenvalue weighted by Gasteiger charge is 2.23. The van der Waals surface area contributed by atoms with E-state index in [0.29, 0.717) is 6.42 Å². The van der Waals surface area contributed by atoms with Gasteiger partial charge in [0, 0.05) is 18.2 Å². The van der Waals surface area contributed by atoms with E-state index in [1.165, 1.54) is 0 Å². The lowest BCUT2D eigenvalue weighted by atomic mass is 9.79. The Kier molecular flexibility index (Phi) is 4.81. The molecule has 0 aliphatic rings. The highest BCUT2D eigenvalue weighted by molar-refractivity contribution is 6.28. The normalized spacial score (nSPS) is 11.5. The van der Waals surface area contributed by atoms with Crippen molar-refractivity contribution in [3.8, 4) is 11.3 Å². The Morgan fingerprint density at radius 3 is 2.59 bits per heavy atom. The third-order valence-corrected chi connectivity index (χ3v) is 3.59. The van der Waals surface area contributed by atoms with Crippen molar-refractivity contribution in [2.75, 3.05) is 0 Å². The first-order valence-electron chi connectivity index (χ1n) is 7.12. The molecule has 0 saturated carbocycles. The highest BCUT2D eigenvalue weighted by Crippen LogP contribution is 2.35. The zero-order valence-corrected chi connectivity index (χ0v) is 13.7. The second kappa shape index (κ2) is 6.44. The minimum absolute atomic E-state index is 0.108. The van der Waals surface area contributed by atoms with Crippen molar-refractivity contribution in [2.45, 2.75) is 39.0 Å². The number of hydrogen-bond acceptors (Lipinski definition) is 3. The van der Waals surface area contributed by atoms with Crippen LogP contribution >= 0.6 is 11.6 Å². The van der Waals surface area contributed by atoms with Crippen LogP contribution < -0.4 is 0 Å². The molecule has 4 nitrogen and oxygen atoms in total. The van der Waals surface area contributed by atoms with Gasteiger partial charge >= 0.3 is 5.97 Å². The predicted octanol–water partition coefficient (Wildman–Crippen LogP) is 4.11. The van der Waals surface area contributed by atoms with Crippen LogP contribution in [0, 0.1) is 0 Å². The molecule has 0 unspecified atom stereocenters. The average Bonchev–Trinajstić information content (AvgIpc) is 2.43. The standard InChI is InChI=1S/C17H19ClN2O2/c1-17(2,3)15-11(7-8-14(21)22)5-4-6-12(15)13-9-10-19-16(18)20-13/h4-6,9-10H,7-8H2,1-3H3,(H,21,22). The van der Waals surface area contributed by atoms with E-state index in [9.17, 15) is 4.79 Å². The van der Waals surface area contributed by atoms with Crippen LogP contribution in [0.3, 0.4) is 0 Å². The maximum absolute atomic E-state index is 10.9. The molecule has 0 bridgehead atoms. The molecule has 22 heavy (non-hydrogen) atoms. The summed E-state index contributed by atoms with van der Waals surface area (Å²) in [4.78, 5) is 19.1. The van der Waals surface area contributed by atoms with Gasteiger partial charge in [-0.25, -0.2) is 9.97 Å². The summed E-state index contributed by atoms with van der Waals surface area (Å²) >= 11 is 5.90. The van der Waals surface area contributed by atoms with E-state index in [0.717, 1.165) is 22.4 Å². The van der Waals surface area contributed by atoms with Crippen LogP contribution in [0.5, 0.6) is 0 Å². The first kappa shape index (κ1) is 16.4. The molecular weight excluding hydrogens is 300 g/mol. The van der Waals surface area contributed by atoms with Crippen LogP contribution in [0.4, 0.5) is 0 Å². The molecule has 0 aliphatic carbocycles. The minimum Gasteiger partial charge on any atom is -0.481 e. The summed E-state index contributed by atoms with van der Waals surface area (Å²) in [6.07, 6.45) is 2.23. The molecule has 2 aromatic rings. The number of hydrogen-bond donors (Lipinski definition) is 1. The molecular formula is C17H19ClN2O2. The molecule has 0 fully saturated rings. The monoisotopic (exact) mass is 318 g/mol. The fourth-order valence-corrected chi connectivity index (χ4v) is 2.78. The van der Waals surface area contributed by atoms with Crippen molar-refractivity contribution >= 4 is 17.6 Å². The van der Waals surface area contributed by atoms with Gasteiger partial charge in [-0.1, -0.05) is 39.0 Å². The van der Waals surface area contributed by atoms with Crippen molar-refractivity contribution in [3.05, 3.63) is 46.9 Å². The number of nitrogens with zero attached hydrogens (tertiary/aromatic N) is 2. The predicted molar refractivity (Wildman–Crippen MR) is 87.1 cm³/mol. The molecule has 1 heterocycles. The number of carboxylic acids is 1. The van der Waals surface area contributed by atoms with E-state index in [1.807, 2.05) is 24.3 Å². The second-order valence-electron chi connectivity index (χ2n) is 6.19. The second-order valence-corrected chi connectivity index (χ2v) is 6.53. The van der Waals surface area contributed by atoms with Gasteiger partial charge in [0.05, 0.1) is 5.69 Å². The van der Waals surface area contributed by atoms with E-state index in [4.69, 9.17) is 16.7 Å². The third kappa shape index (κ3) is 3.83. The van der Waals surface area contributed by atoms with Crippen LogP contribution in [0.1, 0.15) is 38.3 Å². The largest absolute Gasteiger partial charge is 0.481 e. The van der Waals surface area contributed by atoms with Crippen molar-refractivity contribution in [1.82, 2.24) is 9.97 Å². The van der Waals surface area contributed by atoms with Gasteiger partial charge < -0.3 is 5.11 Å². The Morgan fingerprint density at radius 1 is 1.27 bits per heavy atom. The van der Waals surface area contributed by atoms with E-state index < -0.39 is 5.97 Å². The van der Waals surface area contributed by atoms with Gasteiger partial charge in [0.1, 0.15) is 0 Å². The van der Waals surface area contributed by atoms with Gasteiger partial charge in [0.2, 0.25) is 5.28 Å². The van der Waals surface area contributed by atoms with E-state index in [1.54, 1.807) is 6.20 Å². The number of rotatable bonds is 4. The topological polar surface area (TPSA) is 63.1 Å². The van der Waals surface area contributed by atoms with Gasteiger partial charge in [-0.3, -0.25) is 4.79 Å². The van der Waals surface area contributed by atoms with Crippen LogP contribution in [0.15, 0.2) is 30.5 Å². The third-order valence-electron chi connectivity index (χ3n) is 3.41. The number of carbonyl (C=O) groups is 1. The number of aryl methyl sites for hydroxylation is 1. The molecule has 1 aromatic heterocycles. The van der Waals surface area contributed by atoms with Crippen molar-refractivity contribution in [3.63, 3.8) is 0 Å². The molecule has 0 aliphatic heterocycles. The van der Waals surface area contributed by atoms with Gasteiger partial charge in [-0.2, -0.15) is 0 Å². The zero-order valence-electron chi connectivity index (χ0n) is 12.9. The fourth-order valence-electron chi connectivity index (χ4n) is 2.63. The molecule has 2 rings (SSSR count). The Labute approximate surface area is 135 Å². The Balaban J connectivity index is 2.58. The van der Waals surface area contributed by atoms with Crippen LogP contribution in [-0.4, -0.2) is 21.0 Å². The molecule has 0 saturated heterocycles. The van der Waals surface area contributed by atoms with Crippen LogP contribution in [0.2, 0.25) is 5.28 Å². The van der Waals surface area contributed by atoms with E-state index in [2.05, 4.69) is 30.7 Å². The lowest BCUT2D eigenvalue weighted by Gasteiger charge is -2.26. The number of aromatic nitrogens is 2. The number of benzene rings is 1. The van der Waals surface area contributed by atoms with Crippen molar-refractivity contribution < 1.29 is 9.90 Å². The molecule has 0 atom stereocenters. The summed E-state index contributed by atoms with van der Waals surface area (Å²) in [6.45, 7) is 6.33. The number of carboxylic acid groups (broad SMARTS) is 1. The van der Waals surface area contributed by atoms with Crippen LogP contribution in [-0.2, 0) is 16.6 Å². The SMILES string of the molecule is CC(C)(C)c1c(CCC(=O)O)cccc1-c1ccnc(Cl)n1. The summed E-state index contributed by atoms with van der Waals surface area (Å²) in [5, 5.41) is 9.16. The Hall–Kier alpha value is -1.94. The summed E-state index contributed by atoms with van der Waals surface area (Å²) in [5.41, 5.74) is 3.72. The van der Waals surface area contributed by atoms with Gasteiger partial charge in [0.15, 0.2) is 0 Å². The summed E-state index contributed by atoms with van der Waals surface area (Å²) in [5.74, 6) is -0.796. The quantitative estimate of drug-likeness (QED) is 0.862. The van der Waals surface area contributed by atoms with Crippen molar-refractivity contribution in [2.24, 2.45) is 0 Å². The molecule has 1 N–H and O–H groups in total. The average molecular weight is 319 g/mol. The molecule has 5 heteroatoms. The first-order valence-corrected chi connectivity index (χ1v) is 7.50. The molecule has 0 spiro atoms. The van der Waals surface area contributed by atoms with Gasteiger partial charge in [-0.15, -0.1) is 0 Å². The smallest absolute Gasteiger partial charge is 0.303 e. The Morgan fingerprint density at radius 2 is 2.00 bits per heavy atom. The fraction of sp³-hybridized carbons (Fsp3) is 0.353. The summed E-state index contributed by atoms with van der Waals surface area (Å²) < 4.78 is 0. The molecule has 0 amide bonds. The summed E-state index contributed by atoms with van der Waals surface area (Å²) in [6, 6.07) is 7.72. The number of halogens is 1. The number of aliphatic carboxylic acids is 1. The zero-order chi connectivity index (χ0) is 16.3. The molecule has 116 valence electrons. The molecule has 1 aromatic carbocycles. The van der Waals surface area contributed by atoms with E-state index >= 15 is 0 Å². The van der Waals surface area contributed by atoms with Gasteiger partial charge in [0.25, 0.3) is 0 Å². The maximum Gasteiger partial charge on any atom is 0.303 e. The first-order chi connectivity index (χ1) is 10.3. The minimum atomic E-state index is -0.796. The highest BCUT2D eigenvalue weighted by atomic mass is 35.5. The molecule has 0 radical (unpaired) electrons.